The molecule has 1 aromatic carbocycles. The van der Waals surface area contributed by atoms with Gasteiger partial charge >= 0.3 is 12.1 Å². The van der Waals surface area contributed by atoms with Crippen LogP contribution >= 0.6 is 0 Å². The topological polar surface area (TPSA) is 26.3 Å². The van der Waals surface area contributed by atoms with Crippen molar-refractivity contribution >= 4 is 5.97 Å². The maximum absolute atomic E-state index is 12.8. The van der Waals surface area contributed by atoms with Gasteiger partial charge in [-0.25, -0.2) is 4.79 Å². The molecule has 0 heterocycles. The standard InChI is InChI=1S/C16H21F3O2/c1-3-5-8-12(4-2)11-21-15(20)13-9-6-7-10-14(13)16(17,18)19/h6-7,9-10,12H,3-5,8,11H2,1-2H3. The molecule has 0 saturated carbocycles. The summed E-state index contributed by atoms with van der Waals surface area (Å²) < 4.78 is 43.6. The summed E-state index contributed by atoms with van der Waals surface area (Å²) in [4.78, 5) is 11.9. The summed E-state index contributed by atoms with van der Waals surface area (Å²) in [5.74, 6) is -0.704. The molecule has 0 radical (unpaired) electrons. The number of hydrogen-bond donors (Lipinski definition) is 0. The lowest BCUT2D eigenvalue weighted by atomic mass is 10.0. The summed E-state index contributed by atoms with van der Waals surface area (Å²) in [6.07, 6.45) is -0.728. The van der Waals surface area contributed by atoms with E-state index in [0.717, 1.165) is 37.8 Å². The quantitative estimate of drug-likeness (QED) is 0.657. The van der Waals surface area contributed by atoms with E-state index in [4.69, 9.17) is 4.74 Å². The maximum Gasteiger partial charge on any atom is 0.417 e. The van der Waals surface area contributed by atoms with E-state index in [1.54, 1.807) is 0 Å². The summed E-state index contributed by atoms with van der Waals surface area (Å²) in [5, 5.41) is 0. The smallest absolute Gasteiger partial charge is 0.417 e. The second-order valence-electron chi connectivity index (χ2n) is 5.06. The zero-order chi connectivity index (χ0) is 15.9. The van der Waals surface area contributed by atoms with Gasteiger partial charge in [-0.2, -0.15) is 13.2 Å². The molecule has 118 valence electrons. The monoisotopic (exact) mass is 302 g/mol. The number of ether oxygens (including phenoxy) is 1. The predicted octanol–water partition coefficient (Wildman–Crippen LogP) is 5.08. The summed E-state index contributed by atoms with van der Waals surface area (Å²) in [6.45, 7) is 4.22. The fraction of sp³-hybridized carbons (Fsp3) is 0.562. The minimum Gasteiger partial charge on any atom is -0.462 e. The lowest BCUT2D eigenvalue weighted by molar-refractivity contribution is -0.138. The fourth-order valence-corrected chi connectivity index (χ4v) is 2.08. The predicted molar refractivity (Wildman–Crippen MR) is 75.0 cm³/mol. The number of benzene rings is 1. The van der Waals surface area contributed by atoms with Crippen LogP contribution in [0.5, 0.6) is 0 Å². The summed E-state index contributed by atoms with van der Waals surface area (Å²) in [7, 11) is 0. The second-order valence-corrected chi connectivity index (χ2v) is 5.06. The SMILES string of the molecule is CCCCC(CC)COC(=O)c1ccccc1C(F)(F)F. The third kappa shape index (κ3) is 5.40. The molecule has 21 heavy (non-hydrogen) atoms. The van der Waals surface area contributed by atoms with Crippen LogP contribution in [0.2, 0.25) is 0 Å². The highest BCUT2D eigenvalue weighted by Crippen LogP contribution is 2.32. The van der Waals surface area contributed by atoms with Crippen molar-refractivity contribution in [1.82, 2.24) is 0 Å². The van der Waals surface area contributed by atoms with E-state index in [2.05, 4.69) is 6.92 Å². The van der Waals surface area contributed by atoms with Gasteiger partial charge in [0.25, 0.3) is 0 Å². The number of hydrogen-bond acceptors (Lipinski definition) is 2. The number of rotatable bonds is 7. The molecule has 1 rings (SSSR count). The van der Waals surface area contributed by atoms with Crippen molar-refractivity contribution < 1.29 is 22.7 Å². The van der Waals surface area contributed by atoms with Crippen molar-refractivity contribution in [3.63, 3.8) is 0 Å². The number of esters is 1. The first-order chi connectivity index (χ1) is 9.90. The van der Waals surface area contributed by atoms with Gasteiger partial charge in [0.1, 0.15) is 0 Å². The van der Waals surface area contributed by atoms with E-state index in [0.29, 0.717) is 0 Å². The van der Waals surface area contributed by atoms with Crippen LogP contribution in [0.1, 0.15) is 55.5 Å². The highest BCUT2D eigenvalue weighted by atomic mass is 19.4. The van der Waals surface area contributed by atoms with E-state index in [1.165, 1.54) is 12.1 Å². The van der Waals surface area contributed by atoms with Gasteiger partial charge in [-0.05, 0) is 24.5 Å². The van der Waals surface area contributed by atoms with Crippen LogP contribution in [0.25, 0.3) is 0 Å². The largest absolute Gasteiger partial charge is 0.462 e. The lowest BCUT2D eigenvalue weighted by Crippen LogP contribution is -2.18. The molecule has 5 heteroatoms. The van der Waals surface area contributed by atoms with E-state index in [1.807, 2.05) is 6.92 Å². The molecule has 0 bridgehead atoms. The van der Waals surface area contributed by atoms with E-state index in [-0.39, 0.29) is 12.5 Å². The Morgan fingerprint density at radius 3 is 2.48 bits per heavy atom. The first kappa shape index (κ1) is 17.5. The van der Waals surface area contributed by atoms with Crippen molar-refractivity contribution in [2.75, 3.05) is 6.61 Å². The van der Waals surface area contributed by atoms with Crippen LogP contribution in [0, 0.1) is 5.92 Å². The van der Waals surface area contributed by atoms with Gasteiger partial charge in [0.15, 0.2) is 0 Å². The van der Waals surface area contributed by atoms with E-state index in [9.17, 15) is 18.0 Å². The Balaban J connectivity index is 2.72. The molecule has 2 nitrogen and oxygen atoms in total. The minimum absolute atomic E-state index is 0.168. The highest BCUT2D eigenvalue weighted by molar-refractivity contribution is 5.91. The molecular weight excluding hydrogens is 281 g/mol. The van der Waals surface area contributed by atoms with Gasteiger partial charge in [-0.3, -0.25) is 0 Å². The van der Waals surface area contributed by atoms with Crippen LogP contribution in [0.3, 0.4) is 0 Å². The van der Waals surface area contributed by atoms with Crippen LogP contribution < -0.4 is 0 Å². The molecule has 0 saturated heterocycles. The summed E-state index contributed by atoms with van der Waals surface area (Å²) in [5.41, 5.74) is -1.37. The van der Waals surface area contributed by atoms with Gasteiger partial charge in [-0.15, -0.1) is 0 Å². The molecule has 0 aromatic heterocycles. The van der Waals surface area contributed by atoms with Crippen LogP contribution in [0.15, 0.2) is 24.3 Å². The third-order valence-electron chi connectivity index (χ3n) is 3.45. The van der Waals surface area contributed by atoms with Gasteiger partial charge in [0.2, 0.25) is 0 Å². The van der Waals surface area contributed by atoms with Crippen molar-refractivity contribution in [3.05, 3.63) is 35.4 Å². The van der Waals surface area contributed by atoms with E-state index >= 15 is 0 Å². The second kappa shape index (κ2) is 8.05. The minimum atomic E-state index is -4.55. The van der Waals surface area contributed by atoms with Crippen LogP contribution in [-0.2, 0) is 10.9 Å². The molecule has 0 amide bonds. The van der Waals surface area contributed by atoms with Crippen LogP contribution in [0.4, 0.5) is 13.2 Å². The summed E-state index contributed by atoms with van der Waals surface area (Å²) >= 11 is 0. The average Bonchev–Trinajstić information content (AvgIpc) is 2.46. The first-order valence-corrected chi connectivity index (χ1v) is 7.23. The molecule has 1 unspecified atom stereocenters. The molecule has 1 atom stereocenters. The maximum atomic E-state index is 12.8. The Labute approximate surface area is 123 Å². The van der Waals surface area contributed by atoms with Crippen molar-refractivity contribution in [1.29, 1.82) is 0 Å². The Hall–Kier alpha value is -1.52. The Morgan fingerprint density at radius 2 is 1.90 bits per heavy atom. The molecule has 0 spiro atoms. The lowest BCUT2D eigenvalue weighted by Gasteiger charge is -2.16. The van der Waals surface area contributed by atoms with Gasteiger partial charge in [0.05, 0.1) is 17.7 Å². The Kier molecular flexibility index (Phi) is 6.72. The molecular formula is C16H21F3O2. The summed E-state index contributed by atoms with van der Waals surface area (Å²) in [6, 6.07) is 4.71. The first-order valence-electron chi connectivity index (χ1n) is 7.23. The highest BCUT2D eigenvalue weighted by Gasteiger charge is 2.35. The van der Waals surface area contributed by atoms with Gasteiger partial charge < -0.3 is 4.74 Å². The fourth-order valence-electron chi connectivity index (χ4n) is 2.08. The molecule has 0 N–H and O–H groups in total. The zero-order valence-electron chi connectivity index (χ0n) is 12.4. The molecule has 0 fully saturated rings. The average molecular weight is 302 g/mol. The number of carbonyl (C=O) groups excluding carboxylic acids is 1. The number of unbranched alkanes of at least 4 members (excludes halogenated alkanes) is 1. The normalized spacial score (nSPS) is 13.0. The van der Waals surface area contributed by atoms with E-state index < -0.39 is 23.3 Å². The van der Waals surface area contributed by atoms with Crippen molar-refractivity contribution in [2.45, 2.75) is 45.7 Å². The number of alkyl halides is 3. The third-order valence-corrected chi connectivity index (χ3v) is 3.45. The van der Waals surface area contributed by atoms with Crippen molar-refractivity contribution in [2.24, 2.45) is 5.92 Å². The molecule has 0 aliphatic heterocycles. The number of halogens is 3. The molecule has 1 aromatic rings. The zero-order valence-corrected chi connectivity index (χ0v) is 12.4. The number of carbonyl (C=O) groups is 1. The molecule has 0 aliphatic carbocycles. The van der Waals surface area contributed by atoms with Gasteiger partial charge in [0, 0.05) is 0 Å². The van der Waals surface area contributed by atoms with Crippen molar-refractivity contribution in [3.8, 4) is 0 Å². The Morgan fingerprint density at radius 1 is 1.24 bits per heavy atom. The Bertz CT molecular complexity index is 455. The molecule has 0 aliphatic rings. The van der Waals surface area contributed by atoms with Gasteiger partial charge in [-0.1, -0.05) is 45.2 Å². The van der Waals surface area contributed by atoms with Crippen LogP contribution in [-0.4, -0.2) is 12.6 Å².